The second-order valence-corrected chi connectivity index (χ2v) is 10.6. The van der Waals surface area contributed by atoms with Crippen LogP contribution in [0.4, 0.5) is 11.4 Å². The number of aryl methyl sites for hydroxylation is 2. The molecule has 172 valence electrons. The van der Waals surface area contributed by atoms with E-state index < -0.39 is 22.0 Å². The molecule has 2 unspecified atom stereocenters. The molecule has 2 aromatic rings. The third kappa shape index (κ3) is 4.86. The first-order chi connectivity index (χ1) is 14.9. The van der Waals surface area contributed by atoms with E-state index in [2.05, 4.69) is 10.0 Å². The van der Waals surface area contributed by atoms with Gasteiger partial charge in [0.1, 0.15) is 6.04 Å². The minimum atomic E-state index is -3.95. The summed E-state index contributed by atoms with van der Waals surface area (Å²) in [5, 5.41) is 2.85. The number of nitrogens with one attached hydrogen (secondary N) is 2. The maximum atomic E-state index is 13.1. The predicted octanol–water partition coefficient (Wildman–Crippen LogP) is 3.54. The lowest BCUT2D eigenvalue weighted by Gasteiger charge is -2.23. The molecule has 7 nitrogen and oxygen atoms in total. The van der Waals surface area contributed by atoms with Gasteiger partial charge in [0, 0.05) is 24.3 Å². The van der Waals surface area contributed by atoms with E-state index in [1.165, 1.54) is 13.0 Å². The first-order valence-electron chi connectivity index (χ1n) is 10.7. The number of carbonyl (C=O) groups excluding carboxylic acids is 2. The van der Waals surface area contributed by atoms with Crippen molar-refractivity contribution in [3.63, 3.8) is 0 Å². The van der Waals surface area contributed by atoms with Gasteiger partial charge in [0.05, 0.1) is 4.90 Å². The zero-order valence-corrected chi connectivity index (χ0v) is 20.2. The molecule has 1 heterocycles. The van der Waals surface area contributed by atoms with Crippen molar-refractivity contribution in [2.45, 2.75) is 64.9 Å². The second-order valence-electron chi connectivity index (χ2n) is 8.88. The molecule has 2 atom stereocenters. The van der Waals surface area contributed by atoms with Gasteiger partial charge in [0.25, 0.3) is 0 Å². The number of nitrogens with zero attached hydrogens (tertiary/aromatic N) is 1. The van der Waals surface area contributed by atoms with Crippen molar-refractivity contribution in [3.05, 3.63) is 53.1 Å². The largest absolute Gasteiger partial charge is 0.324 e. The molecule has 8 heteroatoms. The fourth-order valence-electron chi connectivity index (χ4n) is 4.15. The molecule has 32 heavy (non-hydrogen) atoms. The van der Waals surface area contributed by atoms with Gasteiger partial charge < -0.3 is 10.2 Å². The Labute approximate surface area is 190 Å². The molecule has 0 saturated carbocycles. The van der Waals surface area contributed by atoms with Crippen molar-refractivity contribution < 1.29 is 18.0 Å². The van der Waals surface area contributed by atoms with Crippen molar-refractivity contribution in [1.82, 2.24) is 4.72 Å². The van der Waals surface area contributed by atoms with E-state index in [0.29, 0.717) is 12.1 Å². The number of rotatable bonds is 6. The van der Waals surface area contributed by atoms with Crippen molar-refractivity contribution >= 4 is 33.2 Å². The van der Waals surface area contributed by atoms with Crippen LogP contribution < -0.4 is 14.9 Å². The summed E-state index contributed by atoms with van der Waals surface area (Å²) in [7, 11) is -3.95. The summed E-state index contributed by atoms with van der Waals surface area (Å²) in [6.45, 7) is 10.9. The van der Waals surface area contributed by atoms with Crippen LogP contribution in [0.25, 0.3) is 0 Å². The molecule has 2 aromatic carbocycles. The zero-order valence-electron chi connectivity index (χ0n) is 19.4. The number of fused-ring (bicyclic) bond motifs is 1. The lowest BCUT2D eigenvalue weighted by atomic mass is 10.0. The maximum Gasteiger partial charge on any atom is 0.242 e. The Hall–Kier alpha value is -2.71. The fourth-order valence-corrected chi connectivity index (χ4v) is 5.54. The highest BCUT2D eigenvalue weighted by Gasteiger charge is 2.32. The van der Waals surface area contributed by atoms with Crippen LogP contribution in [0.3, 0.4) is 0 Å². The molecule has 3 rings (SSSR count). The van der Waals surface area contributed by atoms with E-state index in [9.17, 15) is 18.0 Å². The Balaban J connectivity index is 1.84. The van der Waals surface area contributed by atoms with Gasteiger partial charge in [-0.1, -0.05) is 31.5 Å². The minimum absolute atomic E-state index is 0.0275. The monoisotopic (exact) mass is 457 g/mol. The van der Waals surface area contributed by atoms with Crippen LogP contribution in [0, 0.1) is 19.8 Å². The van der Waals surface area contributed by atoms with Gasteiger partial charge in [-0.15, -0.1) is 0 Å². The molecule has 0 aromatic heterocycles. The minimum Gasteiger partial charge on any atom is -0.324 e. The standard InChI is InChI=1S/C24H31N3O4S/c1-14(2)23(24(29)25-21-9-7-15(3)11-16(21)4)26-32(30,31)20-8-10-22-19(13-20)12-17(5)27(22)18(6)28/h7-11,13-14,17,23,26H,12H2,1-6H3,(H,25,29). The van der Waals surface area contributed by atoms with E-state index in [1.807, 2.05) is 39.0 Å². The molecule has 1 aliphatic heterocycles. The Morgan fingerprint density at radius 2 is 1.78 bits per heavy atom. The van der Waals surface area contributed by atoms with Crippen molar-refractivity contribution in [2.75, 3.05) is 10.2 Å². The van der Waals surface area contributed by atoms with Crippen LogP contribution in [0.15, 0.2) is 41.3 Å². The summed E-state index contributed by atoms with van der Waals surface area (Å²) < 4.78 is 28.9. The smallest absolute Gasteiger partial charge is 0.242 e. The highest BCUT2D eigenvalue weighted by molar-refractivity contribution is 7.89. The van der Waals surface area contributed by atoms with Crippen LogP contribution in [-0.4, -0.2) is 32.3 Å². The molecule has 0 aliphatic carbocycles. The molecular formula is C24H31N3O4S. The average Bonchev–Trinajstić information content (AvgIpc) is 3.03. The van der Waals surface area contributed by atoms with Crippen LogP contribution in [0.5, 0.6) is 0 Å². The van der Waals surface area contributed by atoms with Gasteiger partial charge in [0.2, 0.25) is 21.8 Å². The Morgan fingerprint density at radius 1 is 1.09 bits per heavy atom. The molecule has 2 N–H and O–H groups in total. The van der Waals surface area contributed by atoms with E-state index >= 15 is 0 Å². The van der Waals surface area contributed by atoms with Gasteiger partial charge in [-0.2, -0.15) is 4.72 Å². The average molecular weight is 458 g/mol. The molecule has 0 bridgehead atoms. The zero-order chi connectivity index (χ0) is 23.8. The van der Waals surface area contributed by atoms with E-state index in [4.69, 9.17) is 0 Å². The Kier molecular flexibility index (Phi) is 6.76. The summed E-state index contributed by atoms with van der Waals surface area (Å²) >= 11 is 0. The number of anilines is 2. The van der Waals surface area contributed by atoms with Crippen molar-refractivity contribution in [3.8, 4) is 0 Å². The quantitative estimate of drug-likeness (QED) is 0.694. The summed E-state index contributed by atoms with van der Waals surface area (Å²) in [6.07, 6.45) is 0.582. The topological polar surface area (TPSA) is 95.6 Å². The fraction of sp³-hybridized carbons (Fsp3) is 0.417. The van der Waals surface area contributed by atoms with Gasteiger partial charge >= 0.3 is 0 Å². The second kappa shape index (κ2) is 9.03. The first-order valence-corrected chi connectivity index (χ1v) is 12.2. The highest BCUT2D eigenvalue weighted by Crippen LogP contribution is 2.34. The number of hydrogen-bond acceptors (Lipinski definition) is 4. The maximum absolute atomic E-state index is 13.1. The molecule has 2 amide bonds. The van der Waals surface area contributed by atoms with Crippen LogP contribution in [-0.2, 0) is 26.0 Å². The number of hydrogen-bond donors (Lipinski definition) is 2. The summed E-state index contributed by atoms with van der Waals surface area (Å²) in [5.74, 6) is -0.751. The third-order valence-electron chi connectivity index (χ3n) is 5.79. The first kappa shape index (κ1) is 23.9. The van der Waals surface area contributed by atoms with Gasteiger partial charge in [-0.25, -0.2) is 8.42 Å². The van der Waals surface area contributed by atoms with E-state index in [-0.39, 0.29) is 22.8 Å². The number of sulfonamides is 1. The Bertz CT molecular complexity index is 1160. The summed E-state index contributed by atoms with van der Waals surface area (Å²) in [4.78, 5) is 26.7. The molecule has 0 saturated heterocycles. The number of amides is 2. The molecule has 0 spiro atoms. The normalized spacial score (nSPS) is 16.7. The van der Waals surface area contributed by atoms with Gasteiger partial charge in [-0.3, -0.25) is 9.59 Å². The lowest BCUT2D eigenvalue weighted by Crippen LogP contribution is -2.47. The number of benzene rings is 2. The molecular weight excluding hydrogens is 426 g/mol. The van der Waals surface area contributed by atoms with Crippen LogP contribution in [0.2, 0.25) is 0 Å². The number of carbonyl (C=O) groups is 2. The van der Waals surface area contributed by atoms with Crippen LogP contribution >= 0.6 is 0 Å². The van der Waals surface area contributed by atoms with Crippen molar-refractivity contribution in [1.29, 1.82) is 0 Å². The third-order valence-corrected chi connectivity index (χ3v) is 7.23. The molecule has 0 fully saturated rings. The van der Waals surface area contributed by atoms with E-state index in [0.717, 1.165) is 22.4 Å². The Morgan fingerprint density at radius 3 is 2.38 bits per heavy atom. The van der Waals surface area contributed by atoms with Gasteiger partial charge in [0.15, 0.2) is 0 Å². The molecule has 0 radical (unpaired) electrons. The van der Waals surface area contributed by atoms with Gasteiger partial charge in [-0.05, 0) is 68.5 Å². The highest BCUT2D eigenvalue weighted by atomic mass is 32.2. The van der Waals surface area contributed by atoms with Crippen LogP contribution in [0.1, 0.15) is 44.4 Å². The predicted molar refractivity (Wildman–Crippen MR) is 126 cm³/mol. The lowest BCUT2D eigenvalue weighted by molar-refractivity contribution is -0.118. The van der Waals surface area contributed by atoms with E-state index in [1.54, 1.807) is 30.9 Å². The summed E-state index contributed by atoms with van der Waals surface area (Å²) in [6, 6.07) is 9.44. The summed E-state index contributed by atoms with van der Waals surface area (Å²) in [5.41, 5.74) is 4.18. The molecule has 1 aliphatic rings. The SMILES string of the molecule is CC(=O)N1c2ccc(S(=O)(=O)NC(C(=O)Nc3ccc(C)cc3C)C(C)C)cc2CC1C. The van der Waals surface area contributed by atoms with Crippen molar-refractivity contribution in [2.24, 2.45) is 5.92 Å².